The third kappa shape index (κ3) is 4.68. The van der Waals surface area contributed by atoms with Crippen molar-refractivity contribution in [3.8, 4) is 5.75 Å². The fraction of sp³-hybridized carbons (Fsp3) is 0.208. The largest absolute Gasteiger partial charge is 0.481 e. The average molecular weight is 452 g/mol. The lowest BCUT2D eigenvalue weighted by Crippen LogP contribution is -2.50. The minimum atomic E-state index is -0.873. The first-order valence-corrected chi connectivity index (χ1v) is 10.6. The van der Waals surface area contributed by atoms with Gasteiger partial charge in [0.15, 0.2) is 6.10 Å². The number of hydrogen-bond donors (Lipinski definition) is 2. The van der Waals surface area contributed by atoms with Crippen LogP contribution in [0.1, 0.15) is 13.3 Å². The van der Waals surface area contributed by atoms with Crippen LogP contribution in [0, 0.1) is 5.92 Å². The standard InChI is InChI=1S/C24H22ClN3O4/c1-15(32-20-11-6-16-4-2-3-5-17(16)14-20)22(29)26-27-23(30)21-12-13-28(24(21)31)19-9-7-18(25)8-10-19/h2-11,14-15,21H,12-13H2,1H3,(H,26,29)(H,27,30). The number of ether oxygens (including phenoxy) is 1. The number of benzene rings is 3. The molecule has 0 aliphatic carbocycles. The highest BCUT2D eigenvalue weighted by Gasteiger charge is 2.37. The first-order valence-electron chi connectivity index (χ1n) is 10.2. The van der Waals surface area contributed by atoms with E-state index in [1.54, 1.807) is 37.3 Å². The van der Waals surface area contributed by atoms with Crippen LogP contribution in [-0.2, 0) is 14.4 Å². The summed E-state index contributed by atoms with van der Waals surface area (Å²) in [6, 6.07) is 20.2. The lowest BCUT2D eigenvalue weighted by molar-refractivity contribution is -0.137. The van der Waals surface area contributed by atoms with Crippen LogP contribution in [0.3, 0.4) is 0 Å². The monoisotopic (exact) mass is 451 g/mol. The summed E-state index contributed by atoms with van der Waals surface area (Å²) < 4.78 is 5.70. The number of halogens is 1. The summed E-state index contributed by atoms with van der Waals surface area (Å²) in [5.41, 5.74) is 5.37. The Labute approximate surface area is 190 Å². The average Bonchev–Trinajstić information content (AvgIpc) is 3.19. The Balaban J connectivity index is 1.30. The molecule has 3 aromatic carbocycles. The Morgan fingerprint density at radius 3 is 2.50 bits per heavy atom. The first kappa shape index (κ1) is 21.6. The number of hydrazine groups is 1. The van der Waals surface area contributed by atoms with Crippen LogP contribution in [0.15, 0.2) is 66.7 Å². The normalized spacial score (nSPS) is 16.6. The van der Waals surface area contributed by atoms with Crippen molar-refractivity contribution in [1.29, 1.82) is 0 Å². The second-order valence-electron chi connectivity index (χ2n) is 7.56. The van der Waals surface area contributed by atoms with Gasteiger partial charge in [-0.25, -0.2) is 0 Å². The van der Waals surface area contributed by atoms with Crippen LogP contribution < -0.4 is 20.5 Å². The number of carbonyl (C=O) groups is 3. The third-order valence-corrected chi connectivity index (χ3v) is 5.62. The summed E-state index contributed by atoms with van der Waals surface area (Å²) in [6.07, 6.45) is -0.493. The Hall–Kier alpha value is -3.58. The summed E-state index contributed by atoms with van der Waals surface area (Å²) in [4.78, 5) is 39.0. The van der Waals surface area contributed by atoms with E-state index >= 15 is 0 Å². The number of fused-ring (bicyclic) bond motifs is 1. The second kappa shape index (κ2) is 9.28. The fourth-order valence-corrected chi connectivity index (χ4v) is 3.74. The minimum Gasteiger partial charge on any atom is -0.481 e. The molecule has 1 aliphatic heterocycles. The second-order valence-corrected chi connectivity index (χ2v) is 7.99. The molecule has 0 saturated carbocycles. The van der Waals surface area contributed by atoms with Gasteiger partial charge in [-0.2, -0.15) is 0 Å². The maximum absolute atomic E-state index is 12.7. The fourth-order valence-electron chi connectivity index (χ4n) is 3.61. The molecule has 3 amide bonds. The molecule has 2 unspecified atom stereocenters. The summed E-state index contributed by atoms with van der Waals surface area (Å²) in [6.45, 7) is 1.99. The minimum absolute atomic E-state index is 0.320. The van der Waals surface area contributed by atoms with Gasteiger partial charge in [-0.05, 0) is 60.5 Å². The van der Waals surface area contributed by atoms with Crippen molar-refractivity contribution in [3.63, 3.8) is 0 Å². The van der Waals surface area contributed by atoms with Gasteiger partial charge < -0.3 is 9.64 Å². The van der Waals surface area contributed by atoms with Gasteiger partial charge in [0.2, 0.25) is 5.91 Å². The van der Waals surface area contributed by atoms with E-state index in [1.807, 2.05) is 36.4 Å². The summed E-state index contributed by atoms with van der Waals surface area (Å²) in [5.74, 6) is -1.73. The van der Waals surface area contributed by atoms with Crippen molar-refractivity contribution in [2.45, 2.75) is 19.4 Å². The maximum Gasteiger partial charge on any atom is 0.279 e. The zero-order valence-electron chi connectivity index (χ0n) is 17.4. The van der Waals surface area contributed by atoms with E-state index in [0.29, 0.717) is 29.4 Å². The first-order chi connectivity index (χ1) is 15.4. The number of rotatable bonds is 5. The Morgan fingerprint density at radius 1 is 1.03 bits per heavy atom. The number of anilines is 1. The van der Waals surface area contributed by atoms with Crippen LogP contribution in [0.25, 0.3) is 10.8 Å². The number of amides is 3. The lowest BCUT2D eigenvalue weighted by atomic mass is 10.1. The highest BCUT2D eigenvalue weighted by molar-refractivity contribution is 6.30. The van der Waals surface area contributed by atoms with E-state index in [9.17, 15) is 14.4 Å². The van der Waals surface area contributed by atoms with E-state index in [-0.39, 0.29) is 5.91 Å². The van der Waals surface area contributed by atoms with Gasteiger partial charge in [0.05, 0.1) is 0 Å². The molecule has 2 atom stereocenters. The van der Waals surface area contributed by atoms with Gasteiger partial charge >= 0.3 is 0 Å². The lowest BCUT2D eigenvalue weighted by Gasteiger charge is -2.18. The van der Waals surface area contributed by atoms with Gasteiger partial charge in [-0.15, -0.1) is 0 Å². The van der Waals surface area contributed by atoms with Crippen LogP contribution in [0.4, 0.5) is 5.69 Å². The topological polar surface area (TPSA) is 87.7 Å². The van der Waals surface area contributed by atoms with Gasteiger partial charge in [0.25, 0.3) is 11.8 Å². The summed E-state index contributed by atoms with van der Waals surface area (Å²) >= 11 is 5.89. The van der Waals surface area contributed by atoms with E-state index in [1.165, 1.54) is 4.90 Å². The molecule has 0 spiro atoms. The molecule has 8 heteroatoms. The molecule has 1 saturated heterocycles. The predicted molar refractivity (Wildman–Crippen MR) is 122 cm³/mol. The number of carbonyl (C=O) groups excluding carboxylic acids is 3. The van der Waals surface area contributed by atoms with Crippen molar-refractivity contribution in [2.75, 3.05) is 11.4 Å². The van der Waals surface area contributed by atoms with Crippen molar-refractivity contribution in [2.24, 2.45) is 5.92 Å². The Kier molecular flexibility index (Phi) is 6.28. The van der Waals surface area contributed by atoms with E-state index in [4.69, 9.17) is 16.3 Å². The highest BCUT2D eigenvalue weighted by Crippen LogP contribution is 2.26. The Bertz CT molecular complexity index is 1170. The summed E-state index contributed by atoms with van der Waals surface area (Å²) in [5, 5.41) is 2.63. The van der Waals surface area contributed by atoms with E-state index in [0.717, 1.165) is 10.8 Å². The van der Waals surface area contributed by atoms with E-state index < -0.39 is 23.8 Å². The molecule has 164 valence electrons. The van der Waals surface area contributed by atoms with Gasteiger partial charge in [0, 0.05) is 17.3 Å². The highest BCUT2D eigenvalue weighted by atomic mass is 35.5. The molecule has 1 fully saturated rings. The molecule has 2 N–H and O–H groups in total. The van der Waals surface area contributed by atoms with Gasteiger partial charge in [0.1, 0.15) is 11.7 Å². The molecule has 0 radical (unpaired) electrons. The van der Waals surface area contributed by atoms with Gasteiger partial charge in [-0.3, -0.25) is 25.2 Å². The molecule has 1 heterocycles. The van der Waals surface area contributed by atoms with Crippen LogP contribution in [-0.4, -0.2) is 30.4 Å². The number of hydrogen-bond acceptors (Lipinski definition) is 4. The van der Waals surface area contributed by atoms with Gasteiger partial charge in [-0.1, -0.05) is 41.9 Å². The van der Waals surface area contributed by atoms with Crippen molar-refractivity contribution >= 4 is 45.8 Å². The summed E-state index contributed by atoms with van der Waals surface area (Å²) in [7, 11) is 0. The zero-order chi connectivity index (χ0) is 22.7. The number of nitrogens with zero attached hydrogens (tertiary/aromatic N) is 1. The van der Waals surface area contributed by atoms with Crippen LogP contribution in [0.2, 0.25) is 5.02 Å². The van der Waals surface area contributed by atoms with Crippen molar-refractivity contribution < 1.29 is 19.1 Å². The van der Waals surface area contributed by atoms with Crippen molar-refractivity contribution in [1.82, 2.24) is 10.9 Å². The molecule has 4 rings (SSSR count). The molecule has 0 bridgehead atoms. The smallest absolute Gasteiger partial charge is 0.279 e. The molecule has 3 aromatic rings. The number of nitrogens with one attached hydrogen (secondary N) is 2. The molecule has 32 heavy (non-hydrogen) atoms. The molecular weight excluding hydrogens is 430 g/mol. The predicted octanol–water partition coefficient (Wildman–Crippen LogP) is 3.46. The molecule has 1 aliphatic rings. The molecule has 0 aromatic heterocycles. The third-order valence-electron chi connectivity index (χ3n) is 5.37. The SMILES string of the molecule is CC(Oc1ccc2ccccc2c1)C(=O)NNC(=O)C1CCN(c2ccc(Cl)cc2)C1=O. The Morgan fingerprint density at radius 2 is 1.75 bits per heavy atom. The molecular formula is C24H22ClN3O4. The van der Waals surface area contributed by atoms with E-state index in [2.05, 4.69) is 10.9 Å². The van der Waals surface area contributed by atoms with Crippen LogP contribution in [0.5, 0.6) is 5.75 Å². The quantitative estimate of drug-likeness (QED) is 0.459. The molecule has 7 nitrogen and oxygen atoms in total. The van der Waals surface area contributed by atoms with Crippen molar-refractivity contribution in [3.05, 3.63) is 71.8 Å². The maximum atomic E-state index is 12.7. The zero-order valence-corrected chi connectivity index (χ0v) is 18.1. The van der Waals surface area contributed by atoms with Crippen LogP contribution >= 0.6 is 11.6 Å².